The molecule has 8 aromatic rings. The molecule has 13 rings (SSSR count). The predicted molar refractivity (Wildman–Crippen MR) is 299 cm³/mol. The number of Topliss-reactive ketones (excluding diaryl/α,β-unsaturated/α-hetero) is 1. The first-order chi connectivity index (χ1) is 37.9. The van der Waals surface area contributed by atoms with E-state index in [1.807, 2.05) is 115 Å². The van der Waals surface area contributed by atoms with Crippen molar-refractivity contribution in [1.82, 2.24) is 10.6 Å². The lowest BCUT2D eigenvalue weighted by atomic mass is 9.79. The quantitative estimate of drug-likeness (QED) is 0.0602. The molecule has 0 saturated carbocycles. The smallest absolute Gasteiger partial charge is 0.226 e. The molecular formula is C64H52N6O8. The summed E-state index contributed by atoms with van der Waals surface area (Å²) < 4.78 is 12.6. The van der Waals surface area contributed by atoms with Crippen LogP contribution in [-0.4, -0.2) is 47.7 Å². The Morgan fingerprint density at radius 3 is 1.74 bits per heavy atom. The molecule has 0 radical (unpaired) electrons. The van der Waals surface area contributed by atoms with Gasteiger partial charge in [-0.1, -0.05) is 109 Å². The summed E-state index contributed by atoms with van der Waals surface area (Å²) in [6.45, 7) is 3.36. The number of nitrogens with one attached hydrogen (secondary N) is 5. The molecule has 0 fully saturated rings. The second-order valence-corrected chi connectivity index (χ2v) is 20.5. The SMILES string of the molecule is CC(=O)NC(=O)CCCCOc1ccc2c(c1)C1(N=c3/c(=C4\C(=O)C(c5ccc6cccc7c6c5NC5(N7)c6ccccc6-c6ccc(OCCCCC(=O)NC(C)=O)cc65)=C4O)ccc4cccc(c34)N1)c1ccccc1-2. The molecule has 386 valence electrons. The summed E-state index contributed by atoms with van der Waals surface area (Å²) in [5.41, 5.74) is 8.86. The number of amides is 4. The van der Waals surface area contributed by atoms with Crippen LogP contribution in [-0.2, 0) is 35.3 Å². The number of hydrogen-bond acceptors (Lipinski definition) is 12. The number of benzene rings is 8. The van der Waals surface area contributed by atoms with Gasteiger partial charge in [0.2, 0.25) is 29.4 Å². The van der Waals surface area contributed by atoms with Crippen molar-refractivity contribution in [2.24, 2.45) is 4.99 Å². The zero-order chi connectivity index (χ0) is 53.5. The third-order valence-corrected chi connectivity index (χ3v) is 15.5. The summed E-state index contributed by atoms with van der Waals surface area (Å²) in [6, 6.07) is 48.3. The highest BCUT2D eigenvalue weighted by Gasteiger charge is 2.49. The van der Waals surface area contributed by atoms with E-state index in [0.29, 0.717) is 72.2 Å². The molecule has 4 amide bonds. The Kier molecular flexibility index (Phi) is 11.5. The highest BCUT2D eigenvalue weighted by atomic mass is 16.5. The van der Waals surface area contributed by atoms with E-state index < -0.39 is 11.3 Å². The van der Waals surface area contributed by atoms with Crippen LogP contribution >= 0.6 is 0 Å². The number of carbonyl (C=O) groups excluding carboxylic acids is 5. The first kappa shape index (κ1) is 48.1. The van der Waals surface area contributed by atoms with E-state index in [4.69, 9.17) is 14.5 Å². The number of imide groups is 2. The second kappa shape index (κ2) is 18.6. The summed E-state index contributed by atoms with van der Waals surface area (Å²) >= 11 is 0. The third-order valence-electron chi connectivity index (χ3n) is 15.5. The fourth-order valence-corrected chi connectivity index (χ4v) is 12.2. The van der Waals surface area contributed by atoms with Gasteiger partial charge in [-0.15, -0.1) is 0 Å². The van der Waals surface area contributed by atoms with Crippen LogP contribution in [0.15, 0.2) is 156 Å². The van der Waals surface area contributed by atoms with Gasteiger partial charge in [-0.2, -0.15) is 0 Å². The fourth-order valence-electron chi connectivity index (χ4n) is 12.2. The summed E-state index contributed by atoms with van der Waals surface area (Å²) in [5.74, 6) is -0.535. The van der Waals surface area contributed by atoms with Gasteiger partial charge in [0.05, 0.1) is 35.4 Å². The summed E-state index contributed by atoms with van der Waals surface area (Å²) in [4.78, 5) is 67.8. The van der Waals surface area contributed by atoms with E-state index in [0.717, 1.165) is 77.4 Å². The molecule has 3 aliphatic carbocycles. The van der Waals surface area contributed by atoms with E-state index in [1.165, 1.54) is 13.8 Å². The molecule has 0 saturated heterocycles. The Bertz CT molecular complexity index is 4150. The Labute approximate surface area is 447 Å². The van der Waals surface area contributed by atoms with Gasteiger partial charge in [0.1, 0.15) is 17.3 Å². The van der Waals surface area contributed by atoms with Crippen molar-refractivity contribution in [2.45, 2.75) is 63.7 Å². The molecule has 14 heteroatoms. The van der Waals surface area contributed by atoms with Crippen LogP contribution in [0.3, 0.4) is 0 Å². The van der Waals surface area contributed by atoms with E-state index in [1.54, 1.807) is 0 Å². The minimum absolute atomic E-state index is 0.123. The van der Waals surface area contributed by atoms with E-state index in [9.17, 15) is 24.3 Å². The minimum atomic E-state index is -1.14. The summed E-state index contributed by atoms with van der Waals surface area (Å²) in [6.07, 6.45) is 2.76. The Hall–Kier alpha value is -9.56. The average molecular weight is 1030 g/mol. The molecule has 2 atom stereocenters. The fraction of sp³-hybridized carbons (Fsp3) is 0.188. The Morgan fingerprint density at radius 1 is 0.538 bits per heavy atom. The number of aliphatic hydroxyl groups is 1. The molecule has 8 aromatic carbocycles. The molecule has 5 aliphatic rings. The maximum absolute atomic E-state index is 15.3. The number of ketones is 1. The number of nitrogens with zero attached hydrogens (tertiary/aromatic N) is 1. The molecule has 2 unspecified atom stereocenters. The lowest BCUT2D eigenvalue weighted by molar-refractivity contribution is -0.131. The minimum Gasteiger partial charge on any atom is -0.506 e. The monoisotopic (exact) mass is 1030 g/mol. The number of unbranched alkanes of at least 4 members (excludes halogenated alkanes) is 2. The average Bonchev–Trinajstić information content (AvgIpc) is 3.64. The first-order valence-corrected chi connectivity index (χ1v) is 26.3. The van der Waals surface area contributed by atoms with Crippen LogP contribution < -0.4 is 46.6 Å². The van der Waals surface area contributed by atoms with Gasteiger partial charge in [0.25, 0.3) is 0 Å². The van der Waals surface area contributed by atoms with Crippen LogP contribution in [0.1, 0.15) is 80.2 Å². The van der Waals surface area contributed by atoms with Gasteiger partial charge < -0.3 is 30.5 Å². The normalized spacial score (nSPS) is 18.2. The largest absolute Gasteiger partial charge is 0.506 e. The molecule has 0 bridgehead atoms. The number of hydrogen-bond donors (Lipinski definition) is 6. The highest BCUT2D eigenvalue weighted by molar-refractivity contribution is 6.52. The lowest BCUT2D eigenvalue weighted by Gasteiger charge is -2.41. The van der Waals surface area contributed by atoms with Crippen molar-refractivity contribution >= 4 is 79.2 Å². The standard InChI is InChI=1S/C64H52N6O8/c1-35(71)65-53(73)21-7-9-31-77-39-25-29-43-41-15-3-5-17-47(41)63(49(43)33-39)67-51-19-11-13-37-23-27-45(59(69-63)55(37)51)57-61(75)58(62(57)76)46-28-24-38-14-12-20-52-56(38)60(46)70-64(68-52)48-18-6-4-16-42(48)44-30-26-40(34-50(44)64)78-32-10-8-22-54(74)66-36(2)72/h3-6,11-20,23-30,33-34,67-69,75H,7-10,21-22,31-32H2,1-2H3,(H,65,71,73)(H,66,72,74)/b58-46-. The third kappa shape index (κ3) is 7.68. The van der Waals surface area contributed by atoms with Gasteiger partial charge in [0.15, 0.2) is 11.3 Å². The second-order valence-electron chi connectivity index (χ2n) is 20.5. The van der Waals surface area contributed by atoms with Crippen molar-refractivity contribution in [3.05, 3.63) is 190 Å². The number of allylic oxidation sites excluding steroid dienone is 2. The maximum Gasteiger partial charge on any atom is 0.226 e. The molecule has 14 nitrogen and oxygen atoms in total. The number of ether oxygens (including phenoxy) is 2. The predicted octanol–water partition coefficient (Wildman–Crippen LogP) is 9.77. The van der Waals surface area contributed by atoms with Crippen LogP contribution in [0.25, 0.3) is 54.9 Å². The van der Waals surface area contributed by atoms with Gasteiger partial charge in [-0.3, -0.25) is 34.6 Å². The van der Waals surface area contributed by atoms with Crippen molar-refractivity contribution in [3.63, 3.8) is 0 Å². The maximum atomic E-state index is 15.3. The molecule has 78 heavy (non-hydrogen) atoms. The van der Waals surface area contributed by atoms with Crippen LogP contribution in [0, 0.1) is 0 Å². The first-order valence-electron chi connectivity index (χ1n) is 26.3. The molecule has 6 N–H and O–H groups in total. The molecule has 0 aromatic heterocycles. The van der Waals surface area contributed by atoms with Crippen molar-refractivity contribution < 1.29 is 38.6 Å². The summed E-state index contributed by atoms with van der Waals surface area (Å²) in [5, 5.41) is 33.6. The van der Waals surface area contributed by atoms with Gasteiger partial charge in [-0.05, 0) is 95.1 Å². The zero-order valence-corrected chi connectivity index (χ0v) is 42.8. The highest BCUT2D eigenvalue weighted by Crippen LogP contribution is 2.56. The Morgan fingerprint density at radius 2 is 1.09 bits per heavy atom. The Balaban J connectivity index is 0.895. The zero-order valence-electron chi connectivity index (χ0n) is 42.8. The van der Waals surface area contributed by atoms with E-state index in [2.05, 4.69) is 56.9 Å². The number of rotatable bonds is 13. The van der Waals surface area contributed by atoms with E-state index >= 15 is 4.79 Å². The topological polar surface area (TPSA) is 197 Å². The molecule has 2 aliphatic heterocycles. The van der Waals surface area contributed by atoms with Gasteiger partial charge >= 0.3 is 0 Å². The van der Waals surface area contributed by atoms with Crippen molar-refractivity contribution in [3.8, 4) is 33.8 Å². The lowest BCUT2D eigenvalue weighted by Crippen LogP contribution is -2.45. The van der Waals surface area contributed by atoms with Crippen LogP contribution in [0.4, 0.5) is 17.1 Å². The van der Waals surface area contributed by atoms with Crippen LogP contribution in [0.2, 0.25) is 0 Å². The number of fused-ring (bicyclic) bond motifs is 10. The van der Waals surface area contributed by atoms with Crippen molar-refractivity contribution in [1.29, 1.82) is 0 Å². The number of aliphatic hydroxyl groups excluding tert-OH is 1. The number of anilines is 3. The molecule has 2 spiro atoms. The van der Waals surface area contributed by atoms with Crippen LogP contribution in [0.5, 0.6) is 11.5 Å². The summed E-state index contributed by atoms with van der Waals surface area (Å²) in [7, 11) is 0. The molecular weight excluding hydrogens is 981 g/mol. The van der Waals surface area contributed by atoms with E-state index in [-0.39, 0.29) is 59.2 Å². The molecule has 2 heterocycles. The van der Waals surface area contributed by atoms with Gasteiger partial charge in [0, 0.05) is 81.9 Å². The van der Waals surface area contributed by atoms with Gasteiger partial charge in [-0.25, -0.2) is 4.99 Å². The number of carbonyl (C=O) groups is 5. The van der Waals surface area contributed by atoms with Crippen molar-refractivity contribution in [2.75, 3.05) is 29.2 Å².